The standard InChI is InChI=1S/C46H37N7O4.C46H41N7/c1-32(2)31-49-47-43-41(33-23-27-39(28-24-33)50(35-15-7-3-8-16-35)36-17-9-4-10-18-36)45(52(54)55)46(53(56)57)42(44(43)48-49)34-25-29-40(30-26-34)51(37-19-11-5-12-20-37)38-21-13-6-14-22-38;1-32(2)31-51-49-45-41(33-23-27-39(28-24-33)52(35-15-7-3-8-16-35)36-17-9-4-10-18-36)43(47)44(48)42(46(45)50-51)34-25-29-40(30-26-34)53(37-19-11-5-12-20-37)38-21-13-6-14-22-38/h3-30,32H,31H2,1-2H3;3-30,32H,31,47-48H2,1-2H3. The quantitative estimate of drug-likeness (QED) is 0.0367. The second kappa shape index (κ2) is 31.7. The number of rotatable bonds is 22. The van der Waals surface area contributed by atoms with E-state index in [2.05, 4.69) is 179 Å². The molecule has 0 amide bonds. The molecule has 2 heterocycles. The second-order valence-corrected chi connectivity index (χ2v) is 27.4. The lowest BCUT2D eigenvalue weighted by atomic mass is 9.93. The van der Waals surface area contributed by atoms with Crippen LogP contribution in [0.4, 0.5) is 91.0 Å². The number of para-hydroxylation sites is 8. The van der Waals surface area contributed by atoms with Crippen LogP contribution in [0.3, 0.4) is 0 Å². The molecular formula is C92H78N14O4. The molecule has 0 spiro atoms. The number of aromatic nitrogens is 6. The van der Waals surface area contributed by atoms with Crippen LogP contribution in [0.15, 0.2) is 340 Å². The molecule has 14 aromatic carbocycles. The fourth-order valence-corrected chi connectivity index (χ4v) is 14.2. The molecule has 18 nitrogen and oxygen atoms in total. The van der Waals surface area contributed by atoms with E-state index >= 15 is 0 Å². The zero-order valence-corrected chi connectivity index (χ0v) is 61.1. The molecule has 0 radical (unpaired) electrons. The Morgan fingerprint density at radius 3 is 0.609 bits per heavy atom. The molecule has 0 bridgehead atoms. The first kappa shape index (κ1) is 71.1. The van der Waals surface area contributed by atoms with E-state index in [4.69, 9.17) is 31.9 Å². The van der Waals surface area contributed by atoms with Crippen LogP contribution >= 0.6 is 0 Å². The molecular weight excluding hydrogens is 1370 g/mol. The highest BCUT2D eigenvalue weighted by Gasteiger charge is 2.40. The lowest BCUT2D eigenvalue weighted by Gasteiger charge is -2.26. The second-order valence-electron chi connectivity index (χ2n) is 27.4. The van der Waals surface area contributed by atoms with Crippen LogP contribution in [0.1, 0.15) is 27.7 Å². The molecule has 16 rings (SSSR count). The van der Waals surface area contributed by atoms with E-state index in [0.717, 1.165) is 102 Å². The van der Waals surface area contributed by atoms with Gasteiger partial charge in [0.25, 0.3) is 0 Å². The van der Waals surface area contributed by atoms with Gasteiger partial charge in [-0.3, -0.25) is 20.2 Å². The number of benzene rings is 14. The average molecular weight is 1440 g/mol. The maximum absolute atomic E-state index is 13.2. The van der Waals surface area contributed by atoms with Crippen molar-refractivity contribution in [3.8, 4) is 44.5 Å². The predicted molar refractivity (Wildman–Crippen MR) is 447 cm³/mol. The lowest BCUT2D eigenvalue weighted by molar-refractivity contribution is -0.421. The summed E-state index contributed by atoms with van der Waals surface area (Å²) >= 11 is 0. The van der Waals surface area contributed by atoms with Crippen molar-refractivity contribution in [3.63, 3.8) is 0 Å². The normalized spacial score (nSPS) is 11.2. The van der Waals surface area contributed by atoms with E-state index in [-0.39, 0.29) is 28.1 Å². The maximum Gasteiger partial charge on any atom is 0.356 e. The topological polar surface area (TPSA) is 213 Å². The third kappa shape index (κ3) is 14.7. The van der Waals surface area contributed by atoms with Gasteiger partial charge in [-0.2, -0.15) is 30.0 Å². The molecule has 0 atom stereocenters. The minimum Gasteiger partial charge on any atom is -0.396 e. The number of nitro groups is 2. The van der Waals surface area contributed by atoms with Crippen LogP contribution in [-0.2, 0) is 13.1 Å². The smallest absolute Gasteiger partial charge is 0.356 e. The van der Waals surface area contributed by atoms with Gasteiger partial charge in [-0.15, -0.1) is 0 Å². The van der Waals surface area contributed by atoms with Gasteiger partial charge in [0.1, 0.15) is 22.1 Å². The largest absolute Gasteiger partial charge is 0.396 e. The Balaban J connectivity index is 0.000000175. The summed E-state index contributed by atoms with van der Waals surface area (Å²) in [4.78, 5) is 36.9. The molecule has 110 heavy (non-hydrogen) atoms. The van der Waals surface area contributed by atoms with Crippen LogP contribution in [0, 0.1) is 32.1 Å². The van der Waals surface area contributed by atoms with Crippen molar-refractivity contribution in [2.24, 2.45) is 11.8 Å². The first-order valence-corrected chi connectivity index (χ1v) is 36.5. The van der Waals surface area contributed by atoms with Crippen LogP contribution in [0.2, 0.25) is 0 Å². The predicted octanol–water partition coefficient (Wildman–Crippen LogP) is 23.7. The van der Waals surface area contributed by atoms with Gasteiger partial charge in [-0.25, -0.2) is 0 Å². The van der Waals surface area contributed by atoms with E-state index in [0.29, 0.717) is 41.5 Å². The highest BCUT2D eigenvalue weighted by Crippen LogP contribution is 2.52. The molecule has 0 saturated heterocycles. The SMILES string of the molecule is CC(C)Cn1nc2c(-c3ccc(N(c4ccccc4)c4ccccc4)cc3)c(N)c(N)c(-c3ccc(N(c4ccccc4)c4ccccc4)cc3)c2n1.CC(C)Cn1nc2c(-c3ccc(N(c4ccccc4)c4ccccc4)cc3)c([N+](=O)[O-])c([N+](=O)[O-])c(-c3ccc(N(c4ccccc4)c4ccccc4)cc3)c2n1. The summed E-state index contributed by atoms with van der Waals surface area (Å²) < 4.78 is 0. The van der Waals surface area contributed by atoms with Crippen molar-refractivity contribution in [3.05, 3.63) is 360 Å². The Hall–Kier alpha value is -14.5. The Kier molecular flexibility index (Phi) is 20.5. The van der Waals surface area contributed by atoms with Crippen molar-refractivity contribution in [1.29, 1.82) is 0 Å². The summed E-state index contributed by atoms with van der Waals surface area (Å²) in [5.74, 6) is 0.479. The number of hydrogen-bond acceptors (Lipinski definition) is 14. The lowest BCUT2D eigenvalue weighted by Crippen LogP contribution is -2.09. The van der Waals surface area contributed by atoms with Crippen molar-refractivity contribution < 1.29 is 9.85 Å². The summed E-state index contributed by atoms with van der Waals surface area (Å²) in [6.45, 7) is 9.40. The molecule has 2 aromatic heterocycles. The van der Waals surface area contributed by atoms with E-state index in [1.54, 1.807) is 29.1 Å². The van der Waals surface area contributed by atoms with Gasteiger partial charge in [0.15, 0.2) is 0 Å². The Morgan fingerprint density at radius 2 is 0.436 bits per heavy atom. The summed E-state index contributed by atoms with van der Waals surface area (Å²) in [6.07, 6.45) is 0. The van der Waals surface area contributed by atoms with Gasteiger partial charge >= 0.3 is 11.4 Å². The minimum atomic E-state index is -0.674. The maximum atomic E-state index is 13.2. The Bertz CT molecular complexity index is 5340. The van der Waals surface area contributed by atoms with E-state index in [1.807, 2.05) is 184 Å². The minimum absolute atomic E-state index is 0.0360. The molecule has 0 unspecified atom stereocenters. The van der Waals surface area contributed by atoms with Crippen molar-refractivity contribution >= 4 is 113 Å². The molecule has 0 aliphatic carbocycles. The number of anilines is 14. The highest BCUT2D eigenvalue weighted by molar-refractivity contribution is 6.13. The summed E-state index contributed by atoms with van der Waals surface area (Å²) in [7, 11) is 0. The molecule has 16 aromatic rings. The van der Waals surface area contributed by atoms with Crippen molar-refractivity contribution in [2.75, 3.05) is 31.1 Å². The zero-order valence-electron chi connectivity index (χ0n) is 61.1. The summed E-state index contributed by atoms with van der Waals surface area (Å²) in [6, 6.07) is 112. The number of fused-ring (bicyclic) bond motifs is 2. The van der Waals surface area contributed by atoms with Crippen LogP contribution in [0.5, 0.6) is 0 Å². The van der Waals surface area contributed by atoms with Gasteiger partial charge in [0.05, 0.1) is 45.4 Å². The van der Waals surface area contributed by atoms with Gasteiger partial charge < -0.3 is 31.1 Å². The average Bonchev–Trinajstić information content (AvgIpc) is 1.46. The molecule has 540 valence electrons. The molecule has 0 fully saturated rings. The monoisotopic (exact) mass is 1440 g/mol. The number of hydrogen-bond donors (Lipinski definition) is 2. The number of nitrogen functional groups attached to an aromatic ring is 2. The number of nitrogens with two attached hydrogens (primary N) is 2. The van der Waals surface area contributed by atoms with Gasteiger partial charge in [0.2, 0.25) is 0 Å². The molecule has 4 N–H and O–H groups in total. The van der Waals surface area contributed by atoms with E-state index < -0.39 is 21.2 Å². The zero-order chi connectivity index (χ0) is 75.8. The molecule has 0 aliphatic rings. The third-order valence-electron chi connectivity index (χ3n) is 19.0. The van der Waals surface area contributed by atoms with Crippen LogP contribution < -0.4 is 31.1 Å². The van der Waals surface area contributed by atoms with Crippen molar-refractivity contribution in [1.82, 2.24) is 30.0 Å². The van der Waals surface area contributed by atoms with Crippen molar-refractivity contribution in [2.45, 2.75) is 40.8 Å². The van der Waals surface area contributed by atoms with E-state index in [1.165, 1.54) is 4.80 Å². The third-order valence-corrected chi connectivity index (χ3v) is 19.0. The molecule has 18 heteroatoms. The number of nitro benzene ring substituents is 2. The van der Waals surface area contributed by atoms with Crippen LogP contribution in [0.25, 0.3) is 66.6 Å². The van der Waals surface area contributed by atoms with Gasteiger partial charge in [-0.05, 0) is 180 Å². The fraction of sp³-hybridized carbons (Fsp3) is 0.0870. The summed E-state index contributed by atoms with van der Waals surface area (Å²) in [5, 5.41) is 46.0. The van der Waals surface area contributed by atoms with Gasteiger partial charge in [0, 0.05) is 79.4 Å². The van der Waals surface area contributed by atoms with Gasteiger partial charge in [-0.1, -0.05) is 222 Å². The molecule has 0 saturated carbocycles. The summed E-state index contributed by atoms with van der Waals surface area (Å²) in [5.41, 5.74) is 31.5. The van der Waals surface area contributed by atoms with Crippen LogP contribution in [-0.4, -0.2) is 39.8 Å². The first-order chi connectivity index (χ1) is 53.7. The Morgan fingerprint density at radius 1 is 0.273 bits per heavy atom. The first-order valence-electron chi connectivity index (χ1n) is 36.5. The fourth-order valence-electron chi connectivity index (χ4n) is 14.2. The number of nitrogens with zero attached hydrogens (tertiary/aromatic N) is 12. The van der Waals surface area contributed by atoms with E-state index in [9.17, 15) is 20.2 Å². The molecule has 0 aliphatic heterocycles. The highest BCUT2D eigenvalue weighted by atomic mass is 16.6. The Labute approximate surface area is 637 Å².